The first-order valence-corrected chi connectivity index (χ1v) is 4.40. The molecule has 0 aliphatic rings. The summed E-state index contributed by atoms with van der Waals surface area (Å²) in [7, 11) is 0. The van der Waals surface area contributed by atoms with Gasteiger partial charge < -0.3 is 5.73 Å². The van der Waals surface area contributed by atoms with E-state index in [-0.39, 0.29) is 6.04 Å². The molecular weight excluding hydrogens is 154 g/mol. The van der Waals surface area contributed by atoms with E-state index in [0.717, 1.165) is 5.57 Å². The van der Waals surface area contributed by atoms with Gasteiger partial charge in [0.05, 0.1) is 6.04 Å². The van der Waals surface area contributed by atoms with Crippen LogP contribution in [0.25, 0.3) is 0 Å². The molecule has 2 N–H and O–H groups in total. The number of nitrogens with two attached hydrogens (primary N) is 1. The van der Waals surface area contributed by atoms with E-state index in [2.05, 4.69) is 25.6 Å². The zero-order valence-electron chi connectivity index (χ0n) is 6.92. The van der Waals surface area contributed by atoms with Crippen molar-refractivity contribution >= 4 is 11.3 Å². The quantitative estimate of drug-likeness (QED) is 0.673. The molecule has 0 aromatic carbocycles. The van der Waals surface area contributed by atoms with Crippen LogP contribution in [-0.2, 0) is 0 Å². The predicted octanol–water partition coefficient (Wildman–Crippen LogP) is 2.63. The van der Waals surface area contributed by atoms with Crippen molar-refractivity contribution in [1.29, 1.82) is 0 Å². The molecular formula is C9H13NS. The molecule has 0 aliphatic heterocycles. The van der Waals surface area contributed by atoms with Crippen LogP contribution in [0.1, 0.15) is 22.7 Å². The summed E-state index contributed by atoms with van der Waals surface area (Å²) in [4.78, 5) is 2.51. The summed E-state index contributed by atoms with van der Waals surface area (Å²) in [6.45, 7) is 7.86. The SMILES string of the molecule is C=C(C)C(N)c1ccc(C)s1. The van der Waals surface area contributed by atoms with Crippen molar-refractivity contribution in [3.8, 4) is 0 Å². The van der Waals surface area contributed by atoms with Gasteiger partial charge in [0.1, 0.15) is 0 Å². The Labute approximate surface area is 71.5 Å². The van der Waals surface area contributed by atoms with E-state index in [4.69, 9.17) is 5.73 Å². The molecule has 60 valence electrons. The molecule has 0 bridgehead atoms. The number of rotatable bonds is 2. The van der Waals surface area contributed by atoms with E-state index in [0.29, 0.717) is 0 Å². The lowest BCUT2D eigenvalue weighted by Crippen LogP contribution is -2.08. The van der Waals surface area contributed by atoms with Crippen LogP contribution in [0.4, 0.5) is 0 Å². The molecule has 0 amide bonds. The highest BCUT2D eigenvalue weighted by atomic mass is 32.1. The van der Waals surface area contributed by atoms with Gasteiger partial charge in [0.25, 0.3) is 0 Å². The zero-order chi connectivity index (χ0) is 8.43. The standard InChI is InChI=1S/C9H13NS/c1-6(2)9(10)8-5-4-7(3)11-8/h4-5,9H,1,10H2,2-3H3. The fourth-order valence-electron chi connectivity index (χ4n) is 0.863. The third kappa shape index (κ3) is 1.91. The summed E-state index contributed by atoms with van der Waals surface area (Å²) >= 11 is 1.74. The van der Waals surface area contributed by atoms with Gasteiger partial charge in [0, 0.05) is 9.75 Å². The molecule has 1 rings (SSSR count). The van der Waals surface area contributed by atoms with Gasteiger partial charge in [-0.05, 0) is 26.0 Å². The van der Waals surface area contributed by atoms with Gasteiger partial charge in [-0.3, -0.25) is 0 Å². The lowest BCUT2D eigenvalue weighted by Gasteiger charge is -2.07. The van der Waals surface area contributed by atoms with Gasteiger partial charge in [-0.15, -0.1) is 11.3 Å². The Morgan fingerprint density at radius 3 is 2.64 bits per heavy atom. The minimum absolute atomic E-state index is 0.0219. The normalized spacial score (nSPS) is 13.0. The Morgan fingerprint density at radius 2 is 2.27 bits per heavy atom. The number of hydrogen-bond acceptors (Lipinski definition) is 2. The fraction of sp³-hybridized carbons (Fsp3) is 0.333. The van der Waals surface area contributed by atoms with E-state index in [1.54, 1.807) is 11.3 Å². The molecule has 0 fully saturated rings. The topological polar surface area (TPSA) is 26.0 Å². The molecule has 1 aromatic heterocycles. The van der Waals surface area contributed by atoms with Crippen LogP contribution in [0.2, 0.25) is 0 Å². The molecule has 1 aromatic rings. The molecule has 0 aliphatic carbocycles. The highest BCUT2D eigenvalue weighted by molar-refractivity contribution is 7.12. The average molecular weight is 167 g/mol. The molecule has 1 unspecified atom stereocenters. The van der Waals surface area contributed by atoms with Crippen molar-refractivity contribution in [3.63, 3.8) is 0 Å². The van der Waals surface area contributed by atoms with Crippen molar-refractivity contribution in [1.82, 2.24) is 0 Å². The molecule has 0 spiro atoms. The van der Waals surface area contributed by atoms with Crippen molar-refractivity contribution in [3.05, 3.63) is 34.0 Å². The molecule has 0 saturated carbocycles. The Morgan fingerprint density at radius 1 is 1.64 bits per heavy atom. The highest BCUT2D eigenvalue weighted by Gasteiger charge is 2.07. The van der Waals surface area contributed by atoms with Gasteiger partial charge in [-0.25, -0.2) is 0 Å². The number of aryl methyl sites for hydroxylation is 1. The third-order valence-electron chi connectivity index (χ3n) is 1.60. The van der Waals surface area contributed by atoms with Crippen LogP contribution in [0.3, 0.4) is 0 Å². The minimum atomic E-state index is 0.0219. The molecule has 2 heteroatoms. The van der Waals surface area contributed by atoms with Gasteiger partial charge in [0.2, 0.25) is 0 Å². The number of thiophene rings is 1. The summed E-state index contributed by atoms with van der Waals surface area (Å²) in [5.74, 6) is 0. The summed E-state index contributed by atoms with van der Waals surface area (Å²) < 4.78 is 0. The molecule has 1 nitrogen and oxygen atoms in total. The summed E-state index contributed by atoms with van der Waals surface area (Å²) in [5, 5.41) is 0. The van der Waals surface area contributed by atoms with E-state index in [1.165, 1.54) is 9.75 Å². The first-order chi connectivity index (χ1) is 5.11. The largest absolute Gasteiger partial charge is 0.320 e. The van der Waals surface area contributed by atoms with Crippen molar-refractivity contribution in [2.45, 2.75) is 19.9 Å². The summed E-state index contributed by atoms with van der Waals surface area (Å²) in [6, 6.07) is 4.18. The highest BCUT2D eigenvalue weighted by Crippen LogP contribution is 2.24. The monoisotopic (exact) mass is 167 g/mol. The van der Waals surface area contributed by atoms with E-state index in [1.807, 2.05) is 6.92 Å². The lowest BCUT2D eigenvalue weighted by molar-refractivity contribution is 0.871. The number of hydrogen-bond donors (Lipinski definition) is 1. The van der Waals surface area contributed by atoms with E-state index < -0.39 is 0 Å². The second-order valence-corrected chi connectivity index (χ2v) is 4.09. The van der Waals surface area contributed by atoms with Crippen molar-refractivity contribution < 1.29 is 0 Å². The van der Waals surface area contributed by atoms with Crippen molar-refractivity contribution in [2.75, 3.05) is 0 Å². The van der Waals surface area contributed by atoms with Gasteiger partial charge in [-0.1, -0.05) is 12.2 Å². The Balaban J connectivity index is 2.84. The molecule has 1 heterocycles. The van der Waals surface area contributed by atoms with Gasteiger partial charge >= 0.3 is 0 Å². The molecule has 11 heavy (non-hydrogen) atoms. The maximum Gasteiger partial charge on any atom is 0.0600 e. The first-order valence-electron chi connectivity index (χ1n) is 3.58. The zero-order valence-corrected chi connectivity index (χ0v) is 7.74. The molecule has 0 saturated heterocycles. The van der Waals surface area contributed by atoms with Crippen LogP contribution in [0, 0.1) is 6.92 Å². The lowest BCUT2D eigenvalue weighted by atomic mass is 10.1. The summed E-state index contributed by atoms with van der Waals surface area (Å²) in [6.07, 6.45) is 0. The minimum Gasteiger partial charge on any atom is -0.320 e. The van der Waals surface area contributed by atoms with Crippen LogP contribution >= 0.6 is 11.3 Å². The van der Waals surface area contributed by atoms with Crippen LogP contribution in [-0.4, -0.2) is 0 Å². The smallest absolute Gasteiger partial charge is 0.0600 e. The third-order valence-corrected chi connectivity index (χ3v) is 2.68. The second kappa shape index (κ2) is 3.20. The first kappa shape index (κ1) is 8.50. The van der Waals surface area contributed by atoms with E-state index in [9.17, 15) is 0 Å². The Kier molecular flexibility index (Phi) is 2.47. The Hall–Kier alpha value is -0.600. The van der Waals surface area contributed by atoms with Crippen molar-refractivity contribution in [2.24, 2.45) is 5.73 Å². The maximum absolute atomic E-state index is 5.86. The fourth-order valence-corrected chi connectivity index (χ4v) is 1.84. The van der Waals surface area contributed by atoms with Crippen LogP contribution in [0.5, 0.6) is 0 Å². The predicted molar refractivity (Wildman–Crippen MR) is 50.8 cm³/mol. The van der Waals surface area contributed by atoms with Gasteiger partial charge in [0.15, 0.2) is 0 Å². The molecule has 1 atom stereocenters. The summed E-state index contributed by atoms with van der Waals surface area (Å²) in [5.41, 5.74) is 6.88. The second-order valence-electron chi connectivity index (χ2n) is 2.77. The van der Waals surface area contributed by atoms with Gasteiger partial charge in [-0.2, -0.15) is 0 Å². The van der Waals surface area contributed by atoms with Crippen LogP contribution in [0.15, 0.2) is 24.3 Å². The average Bonchev–Trinajstić information content (AvgIpc) is 2.34. The van der Waals surface area contributed by atoms with Crippen LogP contribution < -0.4 is 5.73 Å². The Bertz CT molecular complexity index is 262. The molecule has 0 radical (unpaired) electrons. The maximum atomic E-state index is 5.86. The van der Waals surface area contributed by atoms with E-state index >= 15 is 0 Å².